The number of carbonyl (C=O) groups excluding carboxylic acids is 1. The molecule has 1 aliphatic carbocycles. The highest BCUT2D eigenvalue weighted by Crippen LogP contribution is 2.27. The molecule has 98 valence electrons. The second-order valence-corrected chi connectivity index (χ2v) is 4.87. The van der Waals surface area contributed by atoms with Gasteiger partial charge in [0.25, 0.3) is 0 Å². The van der Waals surface area contributed by atoms with Crippen LogP contribution in [0.25, 0.3) is 0 Å². The highest BCUT2D eigenvalue weighted by Gasteiger charge is 2.14. The van der Waals surface area contributed by atoms with Crippen molar-refractivity contribution in [1.29, 1.82) is 0 Å². The summed E-state index contributed by atoms with van der Waals surface area (Å²) in [6.45, 7) is 0. The van der Waals surface area contributed by atoms with Gasteiger partial charge in [-0.3, -0.25) is 4.79 Å². The first-order valence-electron chi connectivity index (χ1n) is 6.57. The Bertz CT molecular complexity index is 426. The molecule has 1 aromatic carbocycles. The average Bonchev–Trinajstić information content (AvgIpc) is 2.85. The Hall–Kier alpha value is -1.35. The molecule has 0 heterocycles. The number of ether oxygens (including phenoxy) is 1. The van der Waals surface area contributed by atoms with Crippen molar-refractivity contribution >= 4 is 5.97 Å². The zero-order valence-corrected chi connectivity index (χ0v) is 10.8. The van der Waals surface area contributed by atoms with Crippen LogP contribution in [0.3, 0.4) is 0 Å². The maximum absolute atomic E-state index is 11.0. The summed E-state index contributed by atoms with van der Waals surface area (Å²) >= 11 is 0. The lowest BCUT2D eigenvalue weighted by molar-refractivity contribution is -0.140. The maximum atomic E-state index is 11.0. The van der Waals surface area contributed by atoms with Gasteiger partial charge in [0.15, 0.2) is 0 Å². The highest BCUT2D eigenvalue weighted by atomic mass is 16.5. The van der Waals surface area contributed by atoms with Crippen molar-refractivity contribution < 1.29 is 14.6 Å². The molecule has 0 aromatic heterocycles. The van der Waals surface area contributed by atoms with E-state index in [4.69, 9.17) is 0 Å². The fraction of sp³-hybridized carbons (Fsp3) is 0.533. The van der Waals surface area contributed by atoms with E-state index in [-0.39, 0.29) is 5.97 Å². The molecule has 0 bridgehead atoms. The van der Waals surface area contributed by atoms with Gasteiger partial charge >= 0.3 is 5.97 Å². The first-order chi connectivity index (χ1) is 8.70. The van der Waals surface area contributed by atoms with E-state index in [1.807, 2.05) is 6.07 Å². The first kappa shape index (κ1) is 13.1. The predicted octanol–water partition coefficient (Wildman–Crippen LogP) is 2.55. The third-order valence-electron chi connectivity index (χ3n) is 3.59. The molecule has 2 rings (SSSR count). The Kier molecular flexibility index (Phi) is 4.37. The summed E-state index contributed by atoms with van der Waals surface area (Å²) in [5.74, 6) is -0.212. The largest absolute Gasteiger partial charge is 0.469 e. The number of hydrogen-bond donors (Lipinski definition) is 1. The van der Waals surface area contributed by atoms with E-state index in [2.05, 4.69) is 16.9 Å². The van der Waals surface area contributed by atoms with Gasteiger partial charge in [0.05, 0.1) is 13.2 Å². The van der Waals surface area contributed by atoms with Gasteiger partial charge < -0.3 is 9.84 Å². The second kappa shape index (κ2) is 6.01. The van der Waals surface area contributed by atoms with Crippen LogP contribution in [0.4, 0.5) is 0 Å². The molecule has 0 aliphatic heterocycles. The number of benzene rings is 1. The normalized spacial score (nSPS) is 15.2. The van der Waals surface area contributed by atoms with Crippen molar-refractivity contribution in [3.8, 4) is 0 Å². The molecule has 1 aromatic rings. The first-order valence-corrected chi connectivity index (χ1v) is 6.57. The smallest absolute Gasteiger partial charge is 0.305 e. The van der Waals surface area contributed by atoms with Crippen molar-refractivity contribution in [2.45, 2.75) is 44.6 Å². The number of fused-ring (bicyclic) bond motifs is 1. The molecule has 1 atom stereocenters. The van der Waals surface area contributed by atoms with Crippen LogP contribution in [-0.4, -0.2) is 18.2 Å². The lowest BCUT2D eigenvalue weighted by Gasteiger charge is -2.12. The summed E-state index contributed by atoms with van der Waals surface area (Å²) in [5, 5.41) is 10.1. The zero-order valence-electron chi connectivity index (χ0n) is 10.8. The van der Waals surface area contributed by atoms with Gasteiger partial charge in [-0.1, -0.05) is 18.2 Å². The molecule has 0 fully saturated rings. The number of esters is 1. The number of aliphatic hydroxyl groups is 1. The van der Waals surface area contributed by atoms with E-state index in [0.717, 1.165) is 18.4 Å². The Morgan fingerprint density at radius 1 is 1.39 bits per heavy atom. The molecule has 18 heavy (non-hydrogen) atoms. The lowest BCUT2D eigenvalue weighted by Crippen LogP contribution is -2.03. The van der Waals surface area contributed by atoms with Crippen molar-refractivity contribution in [1.82, 2.24) is 0 Å². The molecule has 0 radical (unpaired) electrons. The van der Waals surface area contributed by atoms with Crippen molar-refractivity contribution in [2.24, 2.45) is 0 Å². The fourth-order valence-electron chi connectivity index (χ4n) is 2.51. The monoisotopic (exact) mass is 248 g/mol. The Balaban J connectivity index is 1.89. The van der Waals surface area contributed by atoms with E-state index in [1.165, 1.54) is 24.7 Å². The lowest BCUT2D eigenvalue weighted by atomic mass is 9.99. The van der Waals surface area contributed by atoms with Gasteiger partial charge in [0.2, 0.25) is 0 Å². The van der Waals surface area contributed by atoms with Gasteiger partial charge in [-0.25, -0.2) is 0 Å². The van der Waals surface area contributed by atoms with Crippen LogP contribution in [0, 0.1) is 0 Å². The van der Waals surface area contributed by atoms with Crippen LogP contribution in [0.2, 0.25) is 0 Å². The molecule has 3 heteroatoms. The summed E-state index contributed by atoms with van der Waals surface area (Å²) in [5.41, 5.74) is 3.76. The molecule has 1 unspecified atom stereocenters. The van der Waals surface area contributed by atoms with E-state index in [9.17, 15) is 9.90 Å². The highest BCUT2D eigenvalue weighted by molar-refractivity contribution is 5.68. The molecular formula is C15H20O3. The van der Waals surface area contributed by atoms with Crippen molar-refractivity contribution in [2.75, 3.05) is 7.11 Å². The molecule has 0 saturated carbocycles. The molecule has 0 spiro atoms. The minimum Gasteiger partial charge on any atom is -0.469 e. The van der Waals surface area contributed by atoms with E-state index >= 15 is 0 Å². The average molecular weight is 248 g/mol. The molecular weight excluding hydrogens is 228 g/mol. The van der Waals surface area contributed by atoms with E-state index in [1.54, 1.807) is 0 Å². The van der Waals surface area contributed by atoms with Crippen LogP contribution < -0.4 is 0 Å². The SMILES string of the molecule is COC(=O)CCCC(O)c1ccc2c(c1)CCC2. The van der Waals surface area contributed by atoms with Crippen LogP contribution in [0.1, 0.15) is 48.5 Å². The Labute approximate surface area is 108 Å². The summed E-state index contributed by atoms with van der Waals surface area (Å²) in [7, 11) is 1.39. The van der Waals surface area contributed by atoms with Gasteiger partial charge in [-0.05, 0) is 48.8 Å². The number of rotatable bonds is 5. The van der Waals surface area contributed by atoms with Crippen molar-refractivity contribution in [3.63, 3.8) is 0 Å². The van der Waals surface area contributed by atoms with Crippen LogP contribution in [0.5, 0.6) is 0 Å². The van der Waals surface area contributed by atoms with Gasteiger partial charge in [0, 0.05) is 6.42 Å². The van der Waals surface area contributed by atoms with Gasteiger partial charge in [-0.2, -0.15) is 0 Å². The van der Waals surface area contributed by atoms with Gasteiger partial charge in [-0.15, -0.1) is 0 Å². The summed E-state index contributed by atoms with van der Waals surface area (Å²) < 4.78 is 4.58. The number of methoxy groups -OCH3 is 1. The molecule has 3 nitrogen and oxygen atoms in total. The van der Waals surface area contributed by atoms with Crippen LogP contribution >= 0.6 is 0 Å². The Morgan fingerprint density at radius 3 is 2.94 bits per heavy atom. The number of aryl methyl sites for hydroxylation is 2. The van der Waals surface area contributed by atoms with Crippen LogP contribution in [-0.2, 0) is 22.4 Å². The van der Waals surface area contributed by atoms with Crippen LogP contribution in [0.15, 0.2) is 18.2 Å². The topological polar surface area (TPSA) is 46.5 Å². The van der Waals surface area contributed by atoms with Gasteiger partial charge in [0.1, 0.15) is 0 Å². The molecule has 1 N–H and O–H groups in total. The number of hydrogen-bond acceptors (Lipinski definition) is 3. The predicted molar refractivity (Wildman–Crippen MR) is 69.3 cm³/mol. The minimum absolute atomic E-state index is 0.212. The summed E-state index contributed by atoms with van der Waals surface area (Å²) in [6, 6.07) is 6.25. The molecule has 1 aliphatic rings. The van der Waals surface area contributed by atoms with E-state index < -0.39 is 6.10 Å². The molecule has 0 saturated heterocycles. The second-order valence-electron chi connectivity index (χ2n) is 4.87. The van der Waals surface area contributed by atoms with E-state index in [0.29, 0.717) is 19.3 Å². The van der Waals surface area contributed by atoms with Crippen molar-refractivity contribution in [3.05, 3.63) is 34.9 Å². The fourth-order valence-corrected chi connectivity index (χ4v) is 2.51. The summed E-state index contributed by atoms with van der Waals surface area (Å²) in [4.78, 5) is 11.0. The third-order valence-corrected chi connectivity index (χ3v) is 3.59. The number of aliphatic hydroxyl groups excluding tert-OH is 1. The third kappa shape index (κ3) is 3.10. The zero-order chi connectivity index (χ0) is 13.0. The standard InChI is InChI=1S/C15H20O3/c1-18-15(17)7-3-6-14(16)13-9-8-11-4-2-5-12(11)10-13/h8-10,14,16H,2-7H2,1H3. The summed E-state index contributed by atoms with van der Waals surface area (Å²) in [6.07, 6.45) is 4.67. The minimum atomic E-state index is -0.472. The number of carbonyl (C=O) groups is 1. The molecule has 0 amide bonds. The quantitative estimate of drug-likeness (QED) is 0.815. The Morgan fingerprint density at radius 2 is 2.17 bits per heavy atom. The maximum Gasteiger partial charge on any atom is 0.305 e.